The van der Waals surface area contributed by atoms with E-state index < -0.39 is 97.5 Å². The van der Waals surface area contributed by atoms with Gasteiger partial charge in [-0.25, -0.2) is 9.13 Å². The smallest absolute Gasteiger partial charge is 0.462 e. The van der Waals surface area contributed by atoms with Gasteiger partial charge in [0.15, 0.2) is 12.2 Å². The number of aliphatic hydroxyl groups is 1. The van der Waals surface area contributed by atoms with Gasteiger partial charge in [-0.15, -0.1) is 0 Å². The van der Waals surface area contributed by atoms with Crippen LogP contribution in [0.15, 0.2) is 0 Å². The number of carbonyl (C=O) groups excluding carboxylic acids is 4. The number of rotatable bonds is 86. The van der Waals surface area contributed by atoms with E-state index in [4.69, 9.17) is 37.0 Å². The van der Waals surface area contributed by atoms with Crippen LogP contribution in [0.2, 0.25) is 0 Å². The third kappa shape index (κ3) is 78.7. The molecule has 0 aromatic carbocycles. The quantitative estimate of drug-likeness (QED) is 0.0222. The minimum Gasteiger partial charge on any atom is -0.462 e. The summed E-state index contributed by atoms with van der Waals surface area (Å²) in [5.74, 6) is -0.427. The molecule has 3 unspecified atom stereocenters. The predicted octanol–water partition coefficient (Wildman–Crippen LogP) is 26.6. The highest BCUT2D eigenvalue weighted by atomic mass is 31.2. The second kappa shape index (κ2) is 78.3. The van der Waals surface area contributed by atoms with E-state index in [-0.39, 0.29) is 25.7 Å². The SMILES string of the molecule is CCCCCCCCCCCCCCCCC(=O)O[C@H](COC(=O)CCCCCCCCCCCCCCC)COP(=O)(O)OC[C@H](O)COP(=O)(O)OC[C@@H](COC(=O)CCCCCCCCCCCCCCCCC(C)CC)OC(=O)CCCCCCCCCCCCCCCCCCCCC(C)C. The fourth-order valence-electron chi connectivity index (χ4n) is 13.6. The standard InChI is InChI=1S/C87H170O17P2/c1-7-10-12-14-16-18-20-22-34-41-47-53-59-65-71-86(91)103-82(75-97-84(89)69-63-57-51-45-39-31-21-19-17-15-13-11-8-2)77-101-105(93,94)99-73-81(88)74-100-106(95,96)102-78-83(76-98-85(90)70-64-58-52-46-40-35-30-29-33-38-44-50-56-62-68-80(6)9-3)104-87(92)72-66-60-54-48-42-36-28-26-24-23-25-27-32-37-43-49-55-61-67-79(4)5/h79-83,88H,7-78H2,1-6H3,(H,93,94)(H,95,96)/t80?,81-,82+,83+/m0/s1. The topological polar surface area (TPSA) is 237 Å². The van der Waals surface area contributed by atoms with Crippen LogP contribution in [0, 0.1) is 11.8 Å². The Balaban J connectivity index is 5.25. The lowest BCUT2D eigenvalue weighted by atomic mass is 9.99. The number of phosphoric acid groups is 2. The molecule has 3 N–H and O–H groups in total. The normalized spacial score (nSPS) is 14.1. The zero-order chi connectivity index (χ0) is 77.8. The van der Waals surface area contributed by atoms with E-state index in [1.54, 1.807) is 0 Å². The van der Waals surface area contributed by atoms with Gasteiger partial charge in [0.1, 0.15) is 19.3 Å². The van der Waals surface area contributed by atoms with Crippen LogP contribution in [0.4, 0.5) is 0 Å². The fourth-order valence-corrected chi connectivity index (χ4v) is 15.1. The Labute approximate surface area is 651 Å². The Kier molecular flexibility index (Phi) is 76.9. The first-order chi connectivity index (χ1) is 51.4. The van der Waals surface area contributed by atoms with Crippen molar-refractivity contribution in [2.75, 3.05) is 39.6 Å². The summed E-state index contributed by atoms with van der Waals surface area (Å²) in [5.41, 5.74) is 0. The molecule has 0 aromatic heterocycles. The number of aliphatic hydroxyl groups excluding tert-OH is 1. The van der Waals surface area contributed by atoms with Crippen LogP contribution in [0.5, 0.6) is 0 Å². The Morgan fingerprint density at radius 1 is 0.274 bits per heavy atom. The molecular formula is C87H170O17P2. The van der Waals surface area contributed by atoms with Crippen molar-refractivity contribution in [1.29, 1.82) is 0 Å². The molecule has 0 aromatic rings. The van der Waals surface area contributed by atoms with Crippen molar-refractivity contribution in [3.05, 3.63) is 0 Å². The highest BCUT2D eigenvalue weighted by molar-refractivity contribution is 7.47. The van der Waals surface area contributed by atoms with Crippen molar-refractivity contribution in [3.8, 4) is 0 Å². The van der Waals surface area contributed by atoms with Gasteiger partial charge in [-0.2, -0.15) is 0 Å². The summed E-state index contributed by atoms with van der Waals surface area (Å²) in [5, 5.41) is 10.7. The molecule has 6 atom stereocenters. The summed E-state index contributed by atoms with van der Waals surface area (Å²) < 4.78 is 69.0. The highest BCUT2D eigenvalue weighted by Crippen LogP contribution is 2.45. The molecule has 0 saturated carbocycles. The number of esters is 4. The summed E-state index contributed by atoms with van der Waals surface area (Å²) >= 11 is 0. The summed E-state index contributed by atoms with van der Waals surface area (Å²) in [4.78, 5) is 73.3. The van der Waals surface area contributed by atoms with Gasteiger partial charge >= 0.3 is 39.5 Å². The van der Waals surface area contributed by atoms with Gasteiger partial charge in [-0.05, 0) is 37.5 Å². The van der Waals surface area contributed by atoms with E-state index in [0.29, 0.717) is 25.7 Å². The molecule has 0 aliphatic heterocycles. The van der Waals surface area contributed by atoms with Crippen LogP contribution in [0.1, 0.15) is 465 Å². The van der Waals surface area contributed by atoms with Crippen LogP contribution in [0.3, 0.4) is 0 Å². The first kappa shape index (κ1) is 104. The first-order valence-corrected chi connectivity index (χ1v) is 48.0. The Hall–Kier alpha value is -1.94. The molecular weight excluding hydrogens is 1380 g/mol. The van der Waals surface area contributed by atoms with Crippen molar-refractivity contribution in [2.45, 2.75) is 484 Å². The number of phosphoric ester groups is 2. The number of hydrogen-bond acceptors (Lipinski definition) is 15. The summed E-state index contributed by atoms with van der Waals surface area (Å²) in [6.45, 7) is 9.78. The second-order valence-electron chi connectivity index (χ2n) is 32.0. The number of hydrogen-bond donors (Lipinski definition) is 3. The van der Waals surface area contributed by atoms with Crippen LogP contribution < -0.4 is 0 Å². The maximum atomic E-state index is 13.2. The molecule has 0 aliphatic rings. The average molecular weight is 1550 g/mol. The van der Waals surface area contributed by atoms with Gasteiger partial charge in [-0.3, -0.25) is 37.3 Å². The van der Waals surface area contributed by atoms with E-state index >= 15 is 0 Å². The molecule has 0 heterocycles. The molecule has 0 spiro atoms. The number of unbranched alkanes of at least 4 members (excludes halogenated alkanes) is 55. The third-order valence-corrected chi connectivity index (χ3v) is 22.7. The van der Waals surface area contributed by atoms with Crippen molar-refractivity contribution >= 4 is 39.5 Å². The lowest BCUT2D eigenvalue weighted by Gasteiger charge is -2.21. The lowest BCUT2D eigenvalue weighted by molar-refractivity contribution is -0.161. The molecule has 630 valence electrons. The zero-order valence-corrected chi connectivity index (χ0v) is 71.5. The van der Waals surface area contributed by atoms with Gasteiger partial charge in [0.05, 0.1) is 26.4 Å². The van der Waals surface area contributed by atoms with Gasteiger partial charge in [0.2, 0.25) is 0 Å². The van der Waals surface area contributed by atoms with Gasteiger partial charge in [-0.1, -0.05) is 414 Å². The molecule has 0 amide bonds. The minimum absolute atomic E-state index is 0.109. The minimum atomic E-state index is -4.97. The second-order valence-corrected chi connectivity index (χ2v) is 34.9. The molecule has 0 radical (unpaired) electrons. The summed E-state index contributed by atoms with van der Waals surface area (Å²) in [7, 11) is -9.93. The van der Waals surface area contributed by atoms with Crippen molar-refractivity contribution in [3.63, 3.8) is 0 Å². The van der Waals surface area contributed by atoms with Gasteiger partial charge in [0, 0.05) is 25.7 Å². The zero-order valence-electron chi connectivity index (χ0n) is 69.7. The number of ether oxygens (including phenoxy) is 4. The van der Waals surface area contributed by atoms with Crippen molar-refractivity contribution < 1.29 is 80.2 Å². The van der Waals surface area contributed by atoms with Crippen LogP contribution in [-0.4, -0.2) is 96.7 Å². The van der Waals surface area contributed by atoms with Gasteiger partial charge in [0.25, 0.3) is 0 Å². The van der Waals surface area contributed by atoms with Crippen molar-refractivity contribution in [2.24, 2.45) is 11.8 Å². The molecule has 17 nitrogen and oxygen atoms in total. The monoisotopic (exact) mass is 1550 g/mol. The highest BCUT2D eigenvalue weighted by Gasteiger charge is 2.30. The summed E-state index contributed by atoms with van der Waals surface area (Å²) in [6.07, 6.45) is 70.6. The van der Waals surface area contributed by atoms with E-state index in [1.165, 1.54) is 283 Å². The van der Waals surface area contributed by atoms with Gasteiger partial charge < -0.3 is 33.8 Å². The maximum Gasteiger partial charge on any atom is 0.472 e. The molecule has 106 heavy (non-hydrogen) atoms. The van der Waals surface area contributed by atoms with Crippen molar-refractivity contribution in [1.82, 2.24) is 0 Å². The van der Waals surface area contributed by atoms with Crippen LogP contribution in [-0.2, 0) is 65.4 Å². The lowest BCUT2D eigenvalue weighted by Crippen LogP contribution is -2.30. The van der Waals surface area contributed by atoms with E-state index in [0.717, 1.165) is 102 Å². The average Bonchev–Trinajstić information content (AvgIpc) is 0.902. The summed E-state index contributed by atoms with van der Waals surface area (Å²) in [6, 6.07) is 0. The molecule has 0 saturated heterocycles. The Bertz CT molecular complexity index is 2030. The van der Waals surface area contributed by atoms with E-state index in [1.807, 2.05) is 0 Å². The fraction of sp³-hybridized carbons (Fsp3) is 0.954. The largest absolute Gasteiger partial charge is 0.472 e. The maximum absolute atomic E-state index is 13.2. The predicted molar refractivity (Wildman–Crippen MR) is 437 cm³/mol. The van der Waals surface area contributed by atoms with Crippen LogP contribution >= 0.6 is 15.6 Å². The molecule has 0 fully saturated rings. The first-order valence-electron chi connectivity index (χ1n) is 45.0. The van der Waals surface area contributed by atoms with E-state index in [9.17, 15) is 43.2 Å². The Morgan fingerprint density at radius 2 is 0.481 bits per heavy atom. The molecule has 19 heteroatoms. The third-order valence-electron chi connectivity index (χ3n) is 20.8. The molecule has 0 bridgehead atoms. The molecule has 0 aliphatic carbocycles. The van der Waals surface area contributed by atoms with E-state index in [2.05, 4.69) is 41.5 Å². The number of carbonyl (C=O) groups is 4. The Morgan fingerprint density at radius 3 is 0.717 bits per heavy atom. The molecule has 0 rings (SSSR count). The van der Waals surface area contributed by atoms with Crippen LogP contribution in [0.25, 0.3) is 0 Å².